The summed E-state index contributed by atoms with van der Waals surface area (Å²) in [5.74, 6) is 0.364. The van der Waals surface area contributed by atoms with E-state index in [4.69, 9.17) is 33.3 Å². The number of thioether (sulfide) groups is 1. The summed E-state index contributed by atoms with van der Waals surface area (Å²) in [5.41, 5.74) is 1.12. The molecular weight excluding hydrogens is 421 g/mol. The van der Waals surface area contributed by atoms with Crippen molar-refractivity contribution in [2.24, 2.45) is 0 Å². The minimum atomic E-state index is -0.382. The first-order valence-corrected chi connectivity index (χ1v) is 9.98. The fourth-order valence-electron chi connectivity index (χ4n) is 2.59. The summed E-state index contributed by atoms with van der Waals surface area (Å²) in [4.78, 5) is 14.6. The number of nitrogens with zero attached hydrogens (tertiary/aromatic N) is 1. The van der Waals surface area contributed by atoms with Crippen LogP contribution in [0.15, 0.2) is 41.3 Å². The third kappa shape index (κ3) is 4.32. The predicted octanol–water partition coefficient (Wildman–Crippen LogP) is 5.68. The van der Waals surface area contributed by atoms with Crippen molar-refractivity contribution in [2.45, 2.75) is 20.0 Å². The number of methoxy groups -OCH3 is 1. The highest BCUT2D eigenvalue weighted by Gasteiger charge is 2.33. The van der Waals surface area contributed by atoms with Gasteiger partial charge < -0.3 is 9.47 Å². The topological polar surface area (TPSA) is 38.8 Å². The van der Waals surface area contributed by atoms with E-state index in [2.05, 4.69) is 0 Å². The highest BCUT2D eigenvalue weighted by atomic mass is 35.5. The first kappa shape index (κ1) is 20.6. The van der Waals surface area contributed by atoms with Gasteiger partial charge in [-0.1, -0.05) is 35.6 Å². The van der Waals surface area contributed by atoms with Crippen LogP contribution in [0.2, 0.25) is 5.02 Å². The van der Waals surface area contributed by atoms with Crippen molar-refractivity contribution in [2.75, 3.05) is 12.0 Å². The van der Waals surface area contributed by atoms with Gasteiger partial charge in [-0.05, 0) is 55.8 Å². The van der Waals surface area contributed by atoms with Gasteiger partial charge in [-0.25, -0.2) is 4.39 Å². The highest BCUT2D eigenvalue weighted by molar-refractivity contribution is 8.27. The first-order chi connectivity index (χ1) is 13.3. The van der Waals surface area contributed by atoms with Crippen LogP contribution in [-0.2, 0) is 4.79 Å². The molecule has 0 N–H and O–H groups in total. The fourth-order valence-corrected chi connectivity index (χ4v) is 4.09. The number of hydrogen-bond donors (Lipinski definition) is 0. The van der Waals surface area contributed by atoms with E-state index in [9.17, 15) is 9.18 Å². The highest BCUT2D eigenvalue weighted by Crippen LogP contribution is 2.39. The maximum absolute atomic E-state index is 13.2. The number of hydrogen-bond acceptors (Lipinski definition) is 5. The molecule has 0 radical (unpaired) electrons. The van der Waals surface area contributed by atoms with Gasteiger partial charge in [-0.3, -0.25) is 9.69 Å². The van der Waals surface area contributed by atoms with Crippen LogP contribution in [0, 0.1) is 5.82 Å². The lowest BCUT2D eigenvalue weighted by Crippen LogP contribution is -2.27. The molecule has 1 saturated heterocycles. The molecule has 0 aromatic heterocycles. The molecule has 1 fully saturated rings. The Morgan fingerprint density at radius 2 is 1.89 bits per heavy atom. The normalized spacial score (nSPS) is 15.6. The number of thiocarbonyl (C=S) groups is 1. The maximum Gasteiger partial charge on any atom is 0.270 e. The molecule has 8 heteroatoms. The number of anilines is 1. The van der Waals surface area contributed by atoms with E-state index in [1.165, 1.54) is 36.3 Å². The average Bonchev–Trinajstić information content (AvgIpc) is 2.91. The molecule has 0 spiro atoms. The number of ether oxygens (including phenoxy) is 2. The van der Waals surface area contributed by atoms with Gasteiger partial charge in [-0.2, -0.15) is 0 Å². The summed E-state index contributed by atoms with van der Waals surface area (Å²) in [6.45, 7) is 3.81. The minimum absolute atomic E-state index is 0.0391. The van der Waals surface area contributed by atoms with E-state index < -0.39 is 0 Å². The maximum atomic E-state index is 13.2. The van der Waals surface area contributed by atoms with Gasteiger partial charge in [-0.15, -0.1) is 0 Å². The van der Waals surface area contributed by atoms with Crippen LogP contribution in [0.25, 0.3) is 6.08 Å². The van der Waals surface area contributed by atoms with Crippen LogP contribution in [-0.4, -0.2) is 23.4 Å². The smallest absolute Gasteiger partial charge is 0.270 e. The number of benzene rings is 2. The zero-order valence-electron chi connectivity index (χ0n) is 15.4. The number of carbonyl (C=O) groups excluding carboxylic acids is 1. The number of amides is 1. The molecule has 1 aliphatic rings. The fraction of sp³-hybridized carbons (Fsp3) is 0.200. The molecule has 1 amide bonds. The van der Waals surface area contributed by atoms with Gasteiger partial charge >= 0.3 is 0 Å². The first-order valence-electron chi connectivity index (χ1n) is 8.38. The molecule has 0 saturated carbocycles. The molecule has 2 aromatic carbocycles. The Kier molecular flexibility index (Phi) is 6.27. The molecule has 28 heavy (non-hydrogen) atoms. The third-order valence-corrected chi connectivity index (χ3v) is 5.44. The van der Waals surface area contributed by atoms with E-state index >= 15 is 0 Å². The Hall–Kier alpha value is -2.09. The van der Waals surface area contributed by atoms with Crippen molar-refractivity contribution in [1.29, 1.82) is 0 Å². The Morgan fingerprint density at radius 3 is 2.50 bits per heavy atom. The van der Waals surface area contributed by atoms with Gasteiger partial charge in [0.25, 0.3) is 5.91 Å². The predicted molar refractivity (Wildman–Crippen MR) is 116 cm³/mol. The minimum Gasteiger partial charge on any atom is -0.493 e. The molecule has 0 aliphatic carbocycles. The number of carbonyl (C=O) groups is 1. The van der Waals surface area contributed by atoms with E-state index in [1.807, 2.05) is 13.8 Å². The zero-order valence-corrected chi connectivity index (χ0v) is 17.8. The molecule has 2 aromatic rings. The zero-order chi connectivity index (χ0) is 20.4. The van der Waals surface area contributed by atoms with Crippen molar-refractivity contribution in [3.05, 3.63) is 57.7 Å². The lowest BCUT2D eigenvalue weighted by atomic mass is 10.1. The monoisotopic (exact) mass is 437 g/mol. The van der Waals surface area contributed by atoms with Gasteiger partial charge in [0.05, 0.1) is 28.8 Å². The summed E-state index contributed by atoms with van der Waals surface area (Å²) in [6.07, 6.45) is 1.62. The molecule has 3 rings (SSSR count). The average molecular weight is 438 g/mol. The van der Waals surface area contributed by atoms with Crippen LogP contribution in [0.4, 0.5) is 10.1 Å². The van der Waals surface area contributed by atoms with Crippen LogP contribution in [0.3, 0.4) is 0 Å². The van der Waals surface area contributed by atoms with E-state index in [-0.39, 0.29) is 17.8 Å². The quantitative estimate of drug-likeness (QED) is 0.444. The lowest BCUT2D eigenvalue weighted by Gasteiger charge is -2.15. The summed E-state index contributed by atoms with van der Waals surface area (Å²) in [7, 11) is 1.54. The SMILES string of the molecule is COc1cc(C=C2SC(=S)N(c3ccc(F)cc3)C2=O)c(Cl)cc1OC(C)C. The second-order valence-corrected chi connectivity index (χ2v) is 8.27. The lowest BCUT2D eigenvalue weighted by molar-refractivity contribution is -0.113. The molecule has 1 aliphatic heterocycles. The van der Waals surface area contributed by atoms with Gasteiger partial charge in [0.15, 0.2) is 15.8 Å². The standard InChI is InChI=1S/C20H17ClFNO3S2/c1-11(2)26-17-10-15(21)12(8-16(17)25-3)9-18-19(24)23(20(27)28-18)14-6-4-13(22)5-7-14/h4-11H,1-3H3. The summed E-state index contributed by atoms with van der Waals surface area (Å²) in [6, 6.07) is 8.96. The second-order valence-electron chi connectivity index (χ2n) is 6.18. The largest absolute Gasteiger partial charge is 0.493 e. The molecular formula is C20H17ClFNO3S2. The molecule has 146 valence electrons. The Labute approximate surface area is 177 Å². The van der Waals surface area contributed by atoms with E-state index in [1.54, 1.807) is 18.2 Å². The van der Waals surface area contributed by atoms with Crippen molar-refractivity contribution >= 4 is 57.6 Å². The molecule has 0 atom stereocenters. The van der Waals surface area contributed by atoms with Crippen LogP contribution in [0.5, 0.6) is 11.5 Å². The van der Waals surface area contributed by atoms with Gasteiger partial charge in [0.2, 0.25) is 0 Å². The van der Waals surface area contributed by atoms with Crippen LogP contribution < -0.4 is 14.4 Å². The molecule has 0 unspecified atom stereocenters. The molecule has 0 bridgehead atoms. The number of rotatable bonds is 5. The Balaban J connectivity index is 1.94. The Bertz CT molecular complexity index is 961. The Morgan fingerprint density at radius 1 is 1.21 bits per heavy atom. The summed E-state index contributed by atoms with van der Waals surface area (Å²) >= 11 is 12.9. The van der Waals surface area contributed by atoms with Gasteiger partial charge in [0.1, 0.15) is 5.82 Å². The molecule has 1 heterocycles. The van der Waals surface area contributed by atoms with Crippen molar-refractivity contribution in [3.8, 4) is 11.5 Å². The third-order valence-electron chi connectivity index (χ3n) is 3.81. The van der Waals surface area contributed by atoms with E-state index in [0.29, 0.717) is 37.0 Å². The van der Waals surface area contributed by atoms with Crippen molar-refractivity contribution in [3.63, 3.8) is 0 Å². The molecule has 4 nitrogen and oxygen atoms in total. The summed E-state index contributed by atoms with van der Waals surface area (Å²) < 4.78 is 24.6. The van der Waals surface area contributed by atoms with E-state index in [0.717, 1.165) is 11.8 Å². The van der Waals surface area contributed by atoms with Crippen molar-refractivity contribution in [1.82, 2.24) is 0 Å². The van der Waals surface area contributed by atoms with Crippen molar-refractivity contribution < 1.29 is 18.7 Å². The van der Waals surface area contributed by atoms with Crippen LogP contribution in [0.1, 0.15) is 19.4 Å². The van der Waals surface area contributed by atoms with Gasteiger partial charge in [0, 0.05) is 6.07 Å². The number of halogens is 2. The summed E-state index contributed by atoms with van der Waals surface area (Å²) in [5, 5.41) is 0.420. The second kappa shape index (κ2) is 8.51. The van der Waals surface area contributed by atoms with Crippen LogP contribution >= 0.6 is 35.6 Å².